The fraction of sp³-hybridized carbons (Fsp3) is 0.154. The number of nitrogens with one attached hydrogen (secondary N) is 1. The predicted octanol–water partition coefficient (Wildman–Crippen LogP) is 5.09. The number of rotatable bonds is 9. The van der Waals surface area contributed by atoms with E-state index in [2.05, 4.69) is 26.0 Å². The van der Waals surface area contributed by atoms with Crippen LogP contribution in [0.3, 0.4) is 0 Å². The lowest BCUT2D eigenvalue weighted by molar-refractivity contribution is -0.127. The molecule has 2 aromatic carbocycles. The zero-order valence-electron chi connectivity index (χ0n) is 20.2. The van der Waals surface area contributed by atoms with Crippen LogP contribution < -0.4 is 14.8 Å². The Balaban J connectivity index is 1.40. The average Bonchev–Trinajstić information content (AvgIpc) is 3.49. The third kappa shape index (κ3) is 6.45. The number of nitrogens with zero attached hydrogens (tertiary/aromatic N) is 1. The Morgan fingerprint density at radius 2 is 1.82 bits per heavy atom. The van der Waals surface area contributed by atoms with E-state index in [4.69, 9.17) is 13.9 Å². The first-order valence-electron chi connectivity index (χ1n) is 11.1. The van der Waals surface area contributed by atoms with Crippen LogP contribution in [0.15, 0.2) is 68.4 Å². The topological polar surface area (TPSA) is 124 Å². The minimum atomic E-state index is -0.590. The maximum atomic E-state index is 12.8. The lowest BCUT2D eigenvalue weighted by atomic mass is 10.2. The Morgan fingerprint density at radius 3 is 2.53 bits per heavy atom. The molecular formula is C26H21BrN2O8S. The Kier molecular flexibility index (Phi) is 8.54. The Labute approximate surface area is 230 Å². The number of furan rings is 1. The molecule has 196 valence electrons. The monoisotopic (exact) mass is 600 g/mol. The van der Waals surface area contributed by atoms with Gasteiger partial charge in [0.1, 0.15) is 18.9 Å². The highest BCUT2D eigenvalue weighted by Crippen LogP contribution is 2.35. The number of benzene rings is 2. The van der Waals surface area contributed by atoms with Crippen molar-refractivity contribution in [3.05, 3.63) is 81.1 Å². The van der Waals surface area contributed by atoms with Crippen LogP contribution in [0.5, 0.6) is 11.5 Å². The average molecular weight is 601 g/mol. The van der Waals surface area contributed by atoms with Gasteiger partial charge in [-0.1, -0.05) is 22.0 Å². The molecule has 4 rings (SSSR count). The largest absolute Gasteiger partial charge is 0.493 e. The lowest BCUT2D eigenvalue weighted by Crippen LogP contribution is -2.36. The standard InChI is InChI=1S/C26H21BrN2O8S/c1-34-21-11-15(3-9-19(21)36-14-18-8-10-20(37-18)25(32)35-2)12-22-24(31)29(26(33)38-22)13-23(30)28-17-6-4-16(27)5-7-17/h3-12H,13-14H2,1-2H3,(H,28,30). The van der Waals surface area contributed by atoms with Gasteiger partial charge in [-0.15, -0.1) is 0 Å². The Morgan fingerprint density at radius 1 is 1.05 bits per heavy atom. The summed E-state index contributed by atoms with van der Waals surface area (Å²) in [4.78, 5) is 50.3. The molecule has 3 amide bonds. The molecule has 1 aliphatic rings. The van der Waals surface area contributed by atoms with Crippen molar-refractivity contribution < 1.29 is 37.8 Å². The van der Waals surface area contributed by atoms with Crippen LogP contribution in [0.25, 0.3) is 6.08 Å². The molecule has 0 radical (unpaired) electrons. The van der Waals surface area contributed by atoms with E-state index >= 15 is 0 Å². The van der Waals surface area contributed by atoms with Crippen LogP contribution in [-0.2, 0) is 20.9 Å². The summed E-state index contributed by atoms with van der Waals surface area (Å²) >= 11 is 4.07. The second-order valence-electron chi connectivity index (χ2n) is 7.78. The SMILES string of the molecule is COC(=O)c1ccc(COc2ccc(C=C3SC(=O)N(CC(=O)Nc4ccc(Br)cc4)C3=O)cc2OC)o1. The molecule has 0 bridgehead atoms. The lowest BCUT2D eigenvalue weighted by Gasteiger charge is -2.12. The van der Waals surface area contributed by atoms with Crippen molar-refractivity contribution in [1.29, 1.82) is 0 Å². The molecule has 1 saturated heterocycles. The van der Waals surface area contributed by atoms with Gasteiger partial charge in [-0.2, -0.15) is 0 Å². The zero-order chi connectivity index (χ0) is 27.2. The fourth-order valence-corrected chi connectivity index (χ4v) is 4.48. The van der Waals surface area contributed by atoms with Crippen LogP contribution in [-0.4, -0.2) is 48.7 Å². The van der Waals surface area contributed by atoms with E-state index in [0.717, 1.165) is 21.1 Å². The molecule has 0 aliphatic carbocycles. The molecule has 0 atom stereocenters. The Bertz CT molecular complexity index is 1420. The van der Waals surface area contributed by atoms with E-state index in [1.54, 1.807) is 54.6 Å². The van der Waals surface area contributed by atoms with Gasteiger partial charge in [-0.25, -0.2) is 4.79 Å². The molecule has 0 unspecified atom stereocenters. The molecule has 0 spiro atoms. The summed E-state index contributed by atoms with van der Waals surface area (Å²) in [5, 5.41) is 2.12. The maximum Gasteiger partial charge on any atom is 0.373 e. The van der Waals surface area contributed by atoms with Gasteiger partial charge in [0.15, 0.2) is 11.5 Å². The van der Waals surface area contributed by atoms with Gasteiger partial charge in [-0.05, 0) is 71.9 Å². The minimum absolute atomic E-state index is 0.0356. The third-order valence-electron chi connectivity index (χ3n) is 5.21. The van der Waals surface area contributed by atoms with Crippen molar-refractivity contribution in [2.75, 3.05) is 26.1 Å². The van der Waals surface area contributed by atoms with Crippen molar-refractivity contribution in [1.82, 2.24) is 4.90 Å². The van der Waals surface area contributed by atoms with Crippen LogP contribution in [0, 0.1) is 0 Å². The van der Waals surface area contributed by atoms with Gasteiger partial charge in [0.05, 0.1) is 19.1 Å². The van der Waals surface area contributed by atoms with Crippen LogP contribution >= 0.6 is 27.7 Å². The van der Waals surface area contributed by atoms with Gasteiger partial charge >= 0.3 is 5.97 Å². The maximum absolute atomic E-state index is 12.8. The first kappa shape index (κ1) is 27.0. The quantitative estimate of drug-likeness (QED) is 0.264. The number of anilines is 1. The highest BCUT2D eigenvalue weighted by molar-refractivity contribution is 9.10. The number of thioether (sulfide) groups is 1. The highest BCUT2D eigenvalue weighted by atomic mass is 79.9. The normalized spacial score (nSPS) is 14.1. The smallest absolute Gasteiger partial charge is 0.373 e. The zero-order valence-corrected chi connectivity index (χ0v) is 22.6. The number of hydrogen-bond acceptors (Lipinski definition) is 9. The number of carbonyl (C=O) groups is 4. The first-order chi connectivity index (χ1) is 18.3. The first-order valence-corrected chi connectivity index (χ1v) is 12.7. The third-order valence-corrected chi connectivity index (χ3v) is 6.64. The van der Waals surface area contributed by atoms with Crippen molar-refractivity contribution in [3.63, 3.8) is 0 Å². The van der Waals surface area contributed by atoms with Gasteiger partial charge < -0.3 is 23.9 Å². The molecular weight excluding hydrogens is 580 g/mol. The predicted molar refractivity (Wildman–Crippen MR) is 143 cm³/mol. The number of methoxy groups -OCH3 is 2. The number of halogens is 1. The summed E-state index contributed by atoms with van der Waals surface area (Å²) in [5.74, 6) is -0.390. The number of esters is 1. The second-order valence-corrected chi connectivity index (χ2v) is 9.69. The number of ether oxygens (including phenoxy) is 3. The van der Waals surface area contributed by atoms with Crippen molar-refractivity contribution in [2.45, 2.75) is 6.61 Å². The van der Waals surface area contributed by atoms with Crippen LogP contribution in [0.1, 0.15) is 21.9 Å². The summed E-state index contributed by atoms with van der Waals surface area (Å²) < 4.78 is 22.0. The van der Waals surface area contributed by atoms with Crippen molar-refractivity contribution in [2.24, 2.45) is 0 Å². The van der Waals surface area contributed by atoms with E-state index < -0.39 is 29.6 Å². The molecule has 1 aromatic heterocycles. The summed E-state index contributed by atoms with van der Waals surface area (Å²) in [6.45, 7) is -0.369. The molecule has 12 heteroatoms. The van der Waals surface area contributed by atoms with E-state index in [1.807, 2.05) is 0 Å². The number of carbonyl (C=O) groups excluding carboxylic acids is 4. The summed E-state index contributed by atoms with van der Waals surface area (Å²) in [6, 6.07) is 15.0. The summed E-state index contributed by atoms with van der Waals surface area (Å²) in [7, 11) is 2.72. The number of amides is 3. The molecule has 1 fully saturated rings. The van der Waals surface area contributed by atoms with Gasteiger partial charge in [0.2, 0.25) is 11.7 Å². The van der Waals surface area contributed by atoms with Gasteiger partial charge in [-0.3, -0.25) is 19.3 Å². The van der Waals surface area contributed by atoms with E-state index in [-0.39, 0.29) is 17.3 Å². The highest BCUT2D eigenvalue weighted by Gasteiger charge is 2.36. The number of hydrogen-bond donors (Lipinski definition) is 1. The molecule has 38 heavy (non-hydrogen) atoms. The van der Waals surface area contributed by atoms with E-state index in [1.165, 1.54) is 20.3 Å². The van der Waals surface area contributed by atoms with Crippen molar-refractivity contribution >= 4 is 62.5 Å². The van der Waals surface area contributed by atoms with E-state index in [0.29, 0.717) is 28.5 Å². The molecule has 3 aromatic rings. The van der Waals surface area contributed by atoms with Gasteiger partial charge in [0.25, 0.3) is 11.1 Å². The Hall–Kier alpha value is -4.03. The molecule has 1 N–H and O–H groups in total. The molecule has 10 nitrogen and oxygen atoms in total. The van der Waals surface area contributed by atoms with Crippen molar-refractivity contribution in [3.8, 4) is 11.5 Å². The number of imide groups is 1. The fourth-order valence-electron chi connectivity index (χ4n) is 3.37. The summed E-state index contributed by atoms with van der Waals surface area (Å²) in [5.41, 5.74) is 1.14. The van der Waals surface area contributed by atoms with Gasteiger partial charge in [0, 0.05) is 10.2 Å². The molecule has 1 aliphatic heterocycles. The molecule has 0 saturated carbocycles. The minimum Gasteiger partial charge on any atom is -0.493 e. The van der Waals surface area contributed by atoms with Crippen LogP contribution in [0.2, 0.25) is 0 Å². The second kappa shape index (κ2) is 12.0. The van der Waals surface area contributed by atoms with Crippen LogP contribution in [0.4, 0.5) is 10.5 Å². The van der Waals surface area contributed by atoms with E-state index in [9.17, 15) is 19.2 Å². The summed E-state index contributed by atoms with van der Waals surface area (Å²) in [6.07, 6.45) is 1.54. The molecule has 2 heterocycles.